The van der Waals surface area contributed by atoms with Crippen molar-refractivity contribution in [1.82, 2.24) is 5.32 Å². The van der Waals surface area contributed by atoms with E-state index in [4.69, 9.17) is 0 Å². The van der Waals surface area contributed by atoms with E-state index in [-0.39, 0.29) is 0 Å². The summed E-state index contributed by atoms with van der Waals surface area (Å²) in [5.74, 6) is 0. The molecular weight excluding hydrogens is 250 g/mol. The molecule has 1 aromatic rings. The maximum atomic E-state index is 3.75. The Hall–Kier alpha value is -0.340. The van der Waals surface area contributed by atoms with Gasteiger partial charge in [0.25, 0.3) is 0 Å². The summed E-state index contributed by atoms with van der Waals surface area (Å²) in [6.45, 7) is 11.3. The van der Waals surface area contributed by atoms with Crippen LogP contribution in [-0.2, 0) is 0 Å². The topological polar surface area (TPSA) is 12.0 Å². The largest absolute Gasteiger partial charge is 0.308 e. The van der Waals surface area contributed by atoms with Gasteiger partial charge in [-0.3, -0.25) is 0 Å². The molecule has 2 heteroatoms. The minimum Gasteiger partial charge on any atom is -0.308 e. The Kier molecular flexibility index (Phi) is 7.70. The van der Waals surface area contributed by atoms with Crippen molar-refractivity contribution >= 4 is 11.3 Å². The number of thiophene rings is 1. The Balaban J connectivity index is 2.28. The van der Waals surface area contributed by atoms with Gasteiger partial charge in [0.2, 0.25) is 0 Å². The van der Waals surface area contributed by atoms with Gasteiger partial charge < -0.3 is 5.32 Å². The average Bonchev–Trinajstić information content (AvgIpc) is 2.68. The fourth-order valence-corrected chi connectivity index (χ4v) is 3.76. The highest BCUT2D eigenvalue weighted by atomic mass is 32.1. The standard InChI is InChI=1S/C17H31NS/c1-6-7-8-9-10-11-13(2)18-15(4)17-12-14(3)19-16(17)5/h12-13,15,18H,6-11H2,1-5H3. The van der Waals surface area contributed by atoms with E-state index < -0.39 is 0 Å². The summed E-state index contributed by atoms with van der Waals surface area (Å²) < 4.78 is 0. The van der Waals surface area contributed by atoms with Crippen molar-refractivity contribution < 1.29 is 0 Å². The molecule has 110 valence electrons. The van der Waals surface area contributed by atoms with E-state index in [0.29, 0.717) is 12.1 Å². The lowest BCUT2D eigenvalue weighted by Gasteiger charge is -2.20. The molecule has 1 heterocycles. The molecule has 0 aliphatic carbocycles. The Morgan fingerprint density at radius 1 is 1.11 bits per heavy atom. The molecule has 0 aromatic carbocycles. The molecule has 0 radical (unpaired) electrons. The second kappa shape index (κ2) is 8.76. The molecule has 0 spiro atoms. The fourth-order valence-electron chi connectivity index (χ4n) is 2.73. The van der Waals surface area contributed by atoms with Crippen molar-refractivity contribution in [3.63, 3.8) is 0 Å². The third-order valence-electron chi connectivity index (χ3n) is 3.82. The molecule has 0 bridgehead atoms. The van der Waals surface area contributed by atoms with Gasteiger partial charge in [0, 0.05) is 21.8 Å². The van der Waals surface area contributed by atoms with Crippen molar-refractivity contribution in [2.45, 2.75) is 85.2 Å². The number of aryl methyl sites for hydroxylation is 2. The van der Waals surface area contributed by atoms with Crippen LogP contribution in [0.25, 0.3) is 0 Å². The zero-order chi connectivity index (χ0) is 14.3. The lowest BCUT2D eigenvalue weighted by Crippen LogP contribution is -2.28. The maximum Gasteiger partial charge on any atom is 0.0305 e. The van der Waals surface area contributed by atoms with Crippen LogP contribution in [0.15, 0.2) is 6.07 Å². The van der Waals surface area contributed by atoms with Crippen molar-refractivity contribution in [3.05, 3.63) is 21.4 Å². The van der Waals surface area contributed by atoms with Crippen molar-refractivity contribution in [1.29, 1.82) is 0 Å². The van der Waals surface area contributed by atoms with Crippen molar-refractivity contribution in [3.8, 4) is 0 Å². The number of nitrogens with one attached hydrogen (secondary N) is 1. The normalized spacial score (nSPS) is 14.6. The molecule has 0 fully saturated rings. The molecule has 0 saturated heterocycles. The number of hydrogen-bond acceptors (Lipinski definition) is 2. The third kappa shape index (κ3) is 6.09. The van der Waals surface area contributed by atoms with E-state index in [9.17, 15) is 0 Å². The summed E-state index contributed by atoms with van der Waals surface area (Å²) in [7, 11) is 0. The predicted octanol–water partition coefficient (Wildman–Crippen LogP) is 5.76. The minimum absolute atomic E-state index is 0.482. The summed E-state index contributed by atoms with van der Waals surface area (Å²) in [5, 5.41) is 3.75. The number of rotatable bonds is 9. The first-order valence-corrected chi connectivity index (χ1v) is 8.69. The third-order valence-corrected chi connectivity index (χ3v) is 4.80. The van der Waals surface area contributed by atoms with Gasteiger partial charge >= 0.3 is 0 Å². The van der Waals surface area contributed by atoms with Crippen LogP contribution in [0.4, 0.5) is 0 Å². The minimum atomic E-state index is 0.482. The Bertz CT molecular complexity index is 356. The molecule has 2 unspecified atom stereocenters. The van der Waals surface area contributed by atoms with E-state index in [1.807, 2.05) is 11.3 Å². The summed E-state index contributed by atoms with van der Waals surface area (Å²) in [6.07, 6.45) is 8.19. The van der Waals surface area contributed by atoms with Gasteiger partial charge in [-0.2, -0.15) is 0 Å². The SMILES string of the molecule is CCCCCCCC(C)NC(C)c1cc(C)sc1C. The summed E-state index contributed by atoms with van der Waals surface area (Å²) in [4.78, 5) is 2.89. The predicted molar refractivity (Wildman–Crippen MR) is 88.2 cm³/mol. The zero-order valence-electron chi connectivity index (χ0n) is 13.4. The number of unbranched alkanes of at least 4 members (excludes halogenated alkanes) is 4. The Morgan fingerprint density at radius 3 is 2.37 bits per heavy atom. The van der Waals surface area contributed by atoms with Crippen LogP contribution in [0.2, 0.25) is 0 Å². The number of hydrogen-bond donors (Lipinski definition) is 1. The van der Waals surface area contributed by atoms with Gasteiger partial charge in [-0.1, -0.05) is 39.0 Å². The highest BCUT2D eigenvalue weighted by molar-refractivity contribution is 7.12. The molecule has 2 atom stereocenters. The summed E-state index contributed by atoms with van der Waals surface area (Å²) in [6, 6.07) is 3.44. The Labute approximate surface area is 123 Å². The zero-order valence-corrected chi connectivity index (χ0v) is 14.2. The lowest BCUT2D eigenvalue weighted by atomic mass is 10.0. The van der Waals surface area contributed by atoms with Crippen LogP contribution in [0.1, 0.15) is 80.7 Å². The molecule has 0 aliphatic heterocycles. The first-order chi connectivity index (χ1) is 9.04. The summed E-state index contributed by atoms with van der Waals surface area (Å²) in [5.41, 5.74) is 1.49. The second-order valence-electron chi connectivity index (χ2n) is 5.86. The molecule has 1 nitrogen and oxygen atoms in total. The van der Waals surface area contributed by atoms with Gasteiger partial charge in [-0.05, 0) is 45.7 Å². The van der Waals surface area contributed by atoms with E-state index in [1.165, 1.54) is 53.8 Å². The molecule has 1 N–H and O–H groups in total. The van der Waals surface area contributed by atoms with Gasteiger partial charge in [0.15, 0.2) is 0 Å². The lowest BCUT2D eigenvalue weighted by molar-refractivity contribution is 0.436. The van der Waals surface area contributed by atoms with Crippen LogP contribution in [0.3, 0.4) is 0 Å². The van der Waals surface area contributed by atoms with Gasteiger partial charge in [-0.25, -0.2) is 0 Å². The van der Waals surface area contributed by atoms with Crippen molar-refractivity contribution in [2.75, 3.05) is 0 Å². The molecule has 0 amide bonds. The van der Waals surface area contributed by atoms with E-state index in [2.05, 4.69) is 46.0 Å². The van der Waals surface area contributed by atoms with Gasteiger partial charge in [0.05, 0.1) is 0 Å². The fraction of sp³-hybridized carbons (Fsp3) is 0.765. The highest BCUT2D eigenvalue weighted by Gasteiger charge is 2.13. The van der Waals surface area contributed by atoms with Crippen LogP contribution in [-0.4, -0.2) is 6.04 Å². The van der Waals surface area contributed by atoms with Crippen LogP contribution in [0.5, 0.6) is 0 Å². The molecule has 1 rings (SSSR count). The molecule has 19 heavy (non-hydrogen) atoms. The Morgan fingerprint density at radius 2 is 1.79 bits per heavy atom. The van der Waals surface area contributed by atoms with Gasteiger partial charge in [0.1, 0.15) is 0 Å². The monoisotopic (exact) mass is 281 g/mol. The molecule has 0 aliphatic rings. The highest BCUT2D eigenvalue weighted by Crippen LogP contribution is 2.26. The van der Waals surface area contributed by atoms with Crippen molar-refractivity contribution in [2.24, 2.45) is 0 Å². The van der Waals surface area contributed by atoms with E-state index in [0.717, 1.165) is 0 Å². The van der Waals surface area contributed by atoms with E-state index >= 15 is 0 Å². The average molecular weight is 282 g/mol. The quantitative estimate of drug-likeness (QED) is 0.567. The van der Waals surface area contributed by atoms with E-state index in [1.54, 1.807) is 0 Å². The second-order valence-corrected chi connectivity index (χ2v) is 7.32. The summed E-state index contributed by atoms with van der Waals surface area (Å²) >= 11 is 1.91. The molecular formula is C17H31NS. The smallest absolute Gasteiger partial charge is 0.0305 e. The van der Waals surface area contributed by atoms with Crippen LogP contribution < -0.4 is 5.32 Å². The van der Waals surface area contributed by atoms with Crippen LogP contribution >= 0.6 is 11.3 Å². The van der Waals surface area contributed by atoms with Gasteiger partial charge in [-0.15, -0.1) is 11.3 Å². The van der Waals surface area contributed by atoms with Crippen LogP contribution in [0, 0.1) is 13.8 Å². The first-order valence-electron chi connectivity index (χ1n) is 7.87. The molecule has 0 saturated carbocycles. The molecule has 1 aromatic heterocycles. The maximum absolute atomic E-state index is 3.75. The first kappa shape index (κ1) is 16.7.